The number of ether oxygens (including phenoxy) is 1. The van der Waals surface area contributed by atoms with Gasteiger partial charge in [0.15, 0.2) is 0 Å². The van der Waals surface area contributed by atoms with Gasteiger partial charge in [-0.3, -0.25) is 0 Å². The summed E-state index contributed by atoms with van der Waals surface area (Å²) in [5, 5.41) is 28.7. The van der Waals surface area contributed by atoms with Crippen LogP contribution in [0.3, 0.4) is 0 Å². The van der Waals surface area contributed by atoms with Gasteiger partial charge < -0.3 is 18.6 Å². The molecule has 0 saturated heterocycles. The molecular formula is C64H55B2N7OS2. The van der Waals surface area contributed by atoms with Crippen LogP contribution >= 0.6 is 22.7 Å². The first-order valence-corrected chi connectivity index (χ1v) is 27.8. The topological polar surface area (TPSA) is 95.7 Å². The Morgan fingerprint density at radius 1 is 0.566 bits per heavy atom. The molecular weight excluding hydrogens is 969 g/mol. The first kappa shape index (κ1) is 49.9. The third-order valence-corrected chi connectivity index (χ3v) is 16.4. The summed E-state index contributed by atoms with van der Waals surface area (Å²) in [4.78, 5) is 13.0. The van der Waals surface area contributed by atoms with Crippen molar-refractivity contribution < 1.29 is 4.74 Å². The Morgan fingerprint density at radius 2 is 1.01 bits per heavy atom. The molecule has 11 aromatic rings. The van der Waals surface area contributed by atoms with E-state index in [1.54, 1.807) is 0 Å². The van der Waals surface area contributed by atoms with E-state index in [0.29, 0.717) is 27.8 Å². The van der Waals surface area contributed by atoms with Gasteiger partial charge in [0.05, 0.1) is 37.7 Å². The van der Waals surface area contributed by atoms with Gasteiger partial charge >= 0.3 is 13.7 Å². The summed E-state index contributed by atoms with van der Waals surface area (Å²) in [5.74, 6) is 0.588. The number of hydrogen-bond acceptors (Lipinski definition) is 8. The number of aromatic nitrogens is 4. The van der Waals surface area contributed by atoms with Gasteiger partial charge in [0.2, 0.25) is 0 Å². The average molecular weight is 1020 g/mol. The van der Waals surface area contributed by atoms with E-state index >= 15 is 0 Å². The molecule has 0 amide bonds. The Hall–Kier alpha value is -8.25. The lowest BCUT2D eigenvalue weighted by atomic mass is 9.50. The van der Waals surface area contributed by atoms with Crippen LogP contribution in [0.15, 0.2) is 194 Å². The molecule has 4 aromatic heterocycles. The fourth-order valence-electron chi connectivity index (χ4n) is 10.9. The highest BCUT2D eigenvalue weighted by molar-refractivity contribution is 7.20. The Balaban J connectivity index is 1.41. The maximum absolute atomic E-state index is 12.1. The van der Waals surface area contributed by atoms with Crippen molar-refractivity contribution in [1.82, 2.24) is 23.8 Å². The lowest BCUT2D eigenvalue weighted by Crippen LogP contribution is -2.54. The Bertz CT molecular complexity index is 3820. The minimum absolute atomic E-state index is 0.147. The molecule has 0 atom stereocenters. The molecule has 0 aliphatic rings. The minimum Gasteiger partial charge on any atom is -0.494 e. The maximum atomic E-state index is 12.1. The molecule has 11 rings (SSSR count). The van der Waals surface area contributed by atoms with E-state index in [9.17, 15) is 10.5 Å². The molecule has 0 N–H and O–H groups in total. The first-order valence-electron chi connectivity index (χ1n) is 26.1. The third kappa shape index (κ3) is 9.45. The molecule has 8 nitrogen and oxygen atoms in total. The van der Waals surface area contributed by atoms with Crippen LogP contribution in [-0.4, -0.2) is 63.8 Å². The molecule has 0 fully saturated rings. The van der Waals surface area contributed by atoms with Crippen molar-refractivity contribution in [3.63, 3.8) is 0 Å². The molecule has 370 valence electrons. The largest absolute Gasteiger partial charge is 0.494 e. The van der Waals surface area contributed by atoms with Gasteiger partial charge in [-0.2, -0.15) is 10.5 Å². The fraction of sp³-hybridized carbons (Fsp3) is 0.156. The second-order valence-corrected chi connectivity index (χ2v) is 21.3. The molecule has 0 aliphatic heterocycles. The van der Waals surface area contributed by atoms with Crippen LogP contribution in [0.1, 0.15) is 55.7 Å². The molecule has 0 aliphatic carbocycles. The SMILES string of the molecule is CCN(CC)CCCOc1cccc(-c2c3/c(=C(\C#N)c4nc5ccccc5s4)n(B(c4ccccc4)c4ccccc4)c(C(C)C)c3/c(=C(\C#N)c3nc4ccccc4s3)n2B(c2ccccc2)c2ccccc2)c1. The number of rotatable bonds is 17. The first-order chi connectivity index (χ1) is 37.4. The van der Waals surface area contributed by atoms with E-state index < -0.39 is 13.7 Å². The molecule has 0 bridgehead atoms. The van der Waals surface area contributed by atoms with Gasteiger partial charge in [-0.05, 0) is 61.8 Å². The number of thiazole rings is 2. The summed E-state index contributed by atoms with van der Waals surface area (Å²) in [6.07, 6.45) is 0.872. The highest BCUT2D eigenvalue weighted by atomic mass is 32.1. The van der Waals surface area contributed by atoms with Gasteiger partial charge in [-0.1, -0.05) is 207 Å². The van der Waals surface area contributed by atoms with E-state index in [2.05, 4.69) is 181 Å². The Labute approximate surface area is 453 Å². The molecule has 12 heteroatoms. The molecule has 4 heterocycles. The minimum atomic E-state index is -0.468. The summed E-state index contributed by atoms with van der Waals surface area (Å²) in [7, 11) is 0. The molecule has 0 spiro atoms. The average Bonchev–Trinajstić information content (AvgIpc) is 4.33. The van der Waals surface area contributed by atoms with E-state index in [0.717, 1.165) is 113 Å². The standard InChI is InChI=1S/C64H55B2N7OS2/c1-5-71(6-2)39-24-40-74-50-34-23-25-45(41-50)60-58-57(61(51(42-67)63-69-53-35-19-21-37-55(53)75-63)73(60)66(48-30-15-9-16-31-48)49-32-17-10-18-33-49)59(44(3)4)72(65(46-26-11-7-12-27-46)47-28-13-8-14-29-47)62(58)52(43-68)64-70-54-36-20-22-38-56(54)76-64/h7-23,25-38,41,44H,5-6,24,39-40H2,1-4H3/b61-51-,62-52-. The zero-order chi connectivity index (χ0) is 52.1. The van der Waals surface area contributed by atoms with Crippen molar-refractivity contribution in [2.24, 2.45) is 0 Å². The van der Waals surface area contributed by atoms with Crippen LogP contribution in [0.5, 0.6) is 5.75 Å². The van der Waals surface area contributed by atoms with Gasteiger partial charge in [0.1, 0.15) is 39.0 Å². The summed E-state index contributed by atoms with van der Waals surface area (Å²) in [5.41, 5.74) is 9.39. The number of para-hydroxylation sites is 2. The third-order valence-electron chi connectivity index (χ3n) is 14.3. The monoisotopic (exact) mass is 1020 g/mol. The summed E-state index contributed by atoms with van der Waals surface area (Å²) < 4.78 is 13.5. The predicted molar refractivity (Wildman–Crippen MR) is 319 cm³/mol. The molecule has 76 heavy (non-hydrogen) atoms. The van der Waals surface area contributed by atoms with Gasteiger partial charge in [0, 0.05) is 34.3 Å². The van der Waals surface area contributed by atoms with Gasteiger partial charge in [-0.25, -0.2) is 9.97 Å². The van der Waals surface area contributed by atoms with Crippen molar-refractivity contribution in [2.75, 3.05) is 26.2 Å². The van der Waals surface area contributed by atoms with Crippen LogP contribution in [0.2, 0.25) is 0 Å². The van der Waals surface area contributed by atoms with E-state index in [4.69, 9.17) is 14.7 Å². The van der Waals surface area contributed by atoms with Crippen molar-refractivity contribution in [2.45, 2.75) is 40.0 Å². The Kier molecular flexibility index (Phi) is 14.7. The van der Waals surface area contributed by atoms with E-state index in [-0.39, 0.29) is 5.92 Å². The smallest absolute Gasteiger partial charge is 0.328 e. The number of nitrogens with zero attached hydrogens (tertiary/aromatic N) is 7. The van der Waals surface area contributed by atoms with Crippen LogP contribution < -0.4 is 37.3 Å². The van der Waals surface area contributed by atoms with Gasteiger partial charge in [-0.15, -0.1) is 22.7 Å². The summed E-state index contributed by atoms with van der Waals surface area (Å²) >= 11 is 3.05. The summed E-state index contributed by atoms with van der Waals surface area (Å²) in [6, 6.07) is 72.5. The normalized spacial score (nSPS) is 12.3. The second kappa shape index (κ2) is 22.3. The van der Waals surface area contributed by atoms with Gasteiger partial charge in [0.25, 0.3) is 0 Å². The highest BCUT2D eigenvalue weighted by Gasteiger charge is 2.38. The zero-order valence-corrected chi connectivity index (χ0v) is 44.7. The van der Waals surface area contributed by atoms with Crippen LogP contribution in [-0.2, 0) is 0 Å². The lowest BCUT2D eigenvalue weighted by molar-refractivity contribution is 0.249. The molecule has 7 aromatic carbocycles. The number of fused-ring (bicyclic) bond motifs is 3. The van der Waals surface area contributed by atoms with Crippen molar-refractivity contribution in [3.8, 4) is 29.1 Å². The number of benzene rings is 7. The highest BCUT2D eigenvalue weighted by Crippen LogP contribution is 2.37. The van der Waals surface area contributed by atoms with E-state index in [1.807, 2.05) is 66.7 Å². The quantitative estimate of drug-likeness (QED) is 0.0666. The molecule has 0 unspecified atom stereocenters. The van der Waals surface area contributed by atoms with Crippen LogP contribution in [0.25, 0.3) is 53.6 Å². The number of hydrogen-bond donors (Lipinski definition) is 0. The molecule has 0 saturated carbocycles. The molecule has 0 radical (unpaired) electrons. The van der Waals surface area contributed by atoms with Crippen molar-refractivity contribution in [1.29, 1.82) is 10.5 Å². The van der Waals surface area contributed by atoms with Crippen LogP contribution in [0, 0.1) is 22.7 Å². The zero-order valence-electron chi connectivity index (χ0n) is 43.1. The lowest BCUT2D eigenvalue weighted by Gasteiger charge is -2.25. The fourth-order valence-corrected chi connectivity index (χ4v) is 12.9. The summed E-state index contributed by atoms with van der Waals surface area (Å²) in [6.45, 7) is 11.4. The Morgan fingerprint density at radius 3 is 1.46 bits per heavy atom. The maximum Gasteiger partial charge on any atom is 0.328 e. The van der Waals surface area contributed by atoms with E-state index in [1.165, 1.54) is 22.7 Å². The number of nitriles is 2. The second-order valence-electron chi connectivity index (χ2n) is 19.2. The predicted octanol–water partition coefficient (Wildman–Crippen LogP) is 10.3. The van der Waals surface area contributed by atoms with Crippen molar-refractivity contribution in [3.05, 3.63) is 221 Å². The van der Waals surface area contributed by atoms with Crippen LogP contribution in [0.4, 0.5) is 0 Å². The van der Waals surface area contributed by atoms with Crippen molar-refractivity contribution >= 4 is 101 Å².